The summed E-state index contributed by atoms with van der Waals surface area (Å²) in [6, 6.07) is 6.76. The van der Waals surface area contributed by atoms with Crippen molar-refractivity contribution >= 4 is 23.3 Å². The maximum atomic E-state index is 12.7. The van der Waals surface area contributed by atoms with Gasteiger partial charge in [0, 0.05) is 27.7 Å². The molecular formula is C23H24O5. The number of hydrogen-bond donors (Lipinski definition) is 0. The van der Waals surface area contributed by atoms with Gasteiger partial charge in [0.1, 0.15) is 0 Å². The molecule has 0 saturated heterocycles. The predicted molar refractivity (Wildman–Crippen MR) is 106 cm³/mol. The van der Waals surface area contributed by atoms with E-state index in [2.05, 4.69) is 0 Å². The summed E-state index contributed by atoms with van der Waals surface area (Å²) in [4.78, 5) is 47.9. The fourth-order valence-electron chi connectivity index (χ4n) is 2.84. The molecule has 1 aromatic carbocycles. The second-order valence-electron chi connectivity index (χ2n) is 7.65. The molecule has 0 N–H and O–H groups in total. The highest BCUT2D eigenvalue weighted by Gasteiger charge is 2.30. The smallest absolute Gasteiger partial charge is 0.333 e. The van der Waals surface area contributed by atoms with Crippen LogP contribution in [0.1, 0.15) is 54.8 Å². The zero-order valence-corrected chi connectivity index (χ0v) is 16.6. The minimum Gasteiger partial charge on any atom is -0.462 e. The Morgan fingerprint density at radius 1 is 1.07 bits per heavy atom. The molecule has 0 bridgehead atoms. The number of carbonyl (C=O) groups excluding carboxylic acids is 4. The summed E-state index contributed by atoms with van der Waals surface area (Å²) >= 11 is 0. The first kappa shape index (κ1) is 21.2. The fourth-order valence-corrected chi connectivity index (χ4v) is 2.84. The van der Waals surface area contributed by atoms with Crippen LogP contribution in [0.3, 0.4) is 0 Å². The number of fused-ring (bicyclic) bond motifs is 1. The van der Waals surface area contributed by atoms with Gasteiger partial charge in [-0.3, -0.25) is 14.4 Å². The van der Waals surface area contributed by atoms with Gasteiger partial charge in [0.05, 0.1) is 6.61 Å². The number of benzene rings is 1. The average molecular weight is 380 g/mol. The van der Waals surface area contributed by atoms with E-state index < -0.39 is 11.4 Å². The van der Waals surface area contributed by atoms with E-state index in [-0.39, 0.29) is 24.0 Å². The Bertz CT molecular complexity index is 913. The van der Waals surface area contributed by atoms with Crippen molar-refractivity contribution in [3.8, 4) is 0 Å². The third-order valence-electron chi connectivity index (χ3n) is 4.30. The molecule has 146 valence electrons. The minimum absolute atomic E-state index is 0.0912. The van der Waals surface area contributed by atoms with Crippen molar-refractivity contribution in [1.29, 1.82) is 0 Å². The Morgan fingerprint density at radius 3 is 2.36 bits per heavy atom. The fraction of sp³-hybridized carbons (Fsp3) is 0.304. The number of ether oxygens (including phenoxy) is 1. The molecule has 0 heterocycles. The van der Waals surface area contributed by atoms with E-state index in [0.29, 0.717) is 28.7 Å². The number of esters is 1. The normalized spacial score (nSPS) is 14.7. The average Bonchev–Trinajstić information content (AvgIpc) is 2.63. The van der Waals surface area contributed by atoms with Gasteiger partial charge < -0.3 is 4.74 Å². The van der Waals surface area contributed by atoms with Gasteiger partial charge in [-0.2, -0.15) is 0 Å². The lowest BCUT2D eigenvalue weighted by Gasteiger charge is -2.26. The van der Waals surface area contributed by atoms with Crippen LogP contribution in [-0.4, -0.2) is 29.9 Å². The van der Waals surface area contributed by atoms with Crippen LogP contribution in [0.4, 0.5) is 0 Å². The molecule has 28 heavy (non-hydrogen) atoms. The molecule has 1 aliphatic rings. The summed E-state index contributed by atoms with van der Waals surface area (Å²) in [6.07, 6.45) is 6.06. The van der Waals surface area contributed by atoms with Gasteiger partial charge in [0.15, 0.2) is 17.3 Å². The molecule has 0 fully saturated rings. The van der Waals surface area contributed by atoms with Gasteiger partial charge in [-0.05, 0) is 32.4 Å². The molecule has 0 aliphatic heterocycles. The van der Waals surface area contributed by atoms with Gasteiger partial charge in [0.2, 0.25) is 0 Å². The summed E-state index contributed by atoms with van der Waals surface area (Å²) in [7, 11) is 0. The van der Waals surface area contributed by atoms with Crippen LogP contribution in [0, 0.1) is 5.41 Å². The predicted octanol–water partition coefficient (Wildman–Crippen LogP) is 4.04. The van der Waals surface area contributed by atoms with Gasteiger partial charge in [0.25, 0.3) is 0 Å². The first-order valence-electron chi connectivity index (χ1n) is 9.02. The lowest BCUT2D eigenvalue weighted by Crippen LogP contribution is -2.26. The van der Waals surface area contributed by atoms with Crippen LogP contribution in [0.2, 0.25) is 0 Å². The highest BCUT2D eigenvalue weighted by molar-refractivity contribution is 6.24. The van der Waals surface area contributed by atoms with Crippen LogP contribution in [0.15, 0.2) is 59.7 Å². The number of hydrogen-bond acceptors (Lipinski definition) is 5. The van der Waals surface area contributed by atoms with E-state index >= 15 is 0 Å². The number of Topliss-reactive ketones (excluding diaryl/α,β-unsaturated/α-hetero) is 1. The second kappa shape index (κ2) is 8.74. The van der Waals surface area contributed by atoms with E-state index in [4.69, 9.17) is 4.74 Å². The largest absolute Gasteiger partial charge is 0.462 e. The molecule has 0 amide bonds. The first-order chi connectivity index (χ1) is 13.1. The van der Waals surface area contributed by atoms with Crippen molar-refractivity contribution in [2.24, 2.45) is 5.41 Å². The summed E-state index contributed by atoms with van der Waals surface area (Å²) in [5.41, 5.74) is 1.08. The Balaban J connectivity index is 2.02. The van der Waals surface area contributed by atoms with Crippen LogP contribution in [0.5, 0.6) is 0 Å². The zero-order chi connectivity index (χ0) is 20.9. The zero-order valence-electron chi connectivity index (χ0n) is 16.6. The maximum absolute atomic E-state index is 12.7. The molecule has 0 radical (unpaired) electrons. The highest BCUT2D eigenvalue weighted by Crippen LogP contribution is 2.31. The number of ketones is 3. The van der Waals surface area contributed by atoms with Crippen molar-refractivity contribution in [1.82, 2.24) is 0 Å². The van der Waals surface area contributed by atoms with E-state index in [1.54, 1.807) is 31.2 Å². The Kier molecular flexibility index (Phi) is 6.62. The molecule has 5 heteroatoms. The Hall–Kier alpha value is -3.08. The van der Waals surface area contributed by atoms with Crippen LogP contribution < -0.4 is 0 Å². The third-order valence-corrected chi connectivity index (χ3v) is 4.30. The SMILES string of the molecule is CC(=O)/C=C/C=C(\C)C(=O)OCC(C)(C)CC1=CC(=O)c2ccccc2C1=O. The Morgan fingerprint density at radius 2 is 1.71 bits per heavy atom. The Labute approximate surface area is 164 Å². The molecular weight excluding hydrogens is 356 g/mol. The molecule has 5 nitrogen and oxygen atoms in total. The van der Waals surface area contributed by atoms with E-state index in [0.717, 1.165) is 0 Å². The van der Waals surface area contributed by atoms with Gasteiger partial charge in [-0.15, -0.1) is 0 Å². The molecule has 1 aromatic rings. The van der Waals surface area contributed by atoms with E-state index in [1.165, 1.54) is 31.2 Å². The van der Waals surface area contributed by atoms with Crippen molar-refractivity contribution in [3.05, 3.63) is 70.8 Å². The van der Waals surface area contributed by atoms with Crippen molar-refractivity contribution in [2.45, 2.75) is 34.1 Å². The highest BCUT2D eigenvalue weighted by atomic mass is 16.5. The number of carbonyl (C=O) groups is 4. The lowest BCUT2D eigenvalue weighted by atomic mass is 9.80. The van der Waals surface area contributed by atoms with Crippen molar-refractivity contribution in [2.75, 3.05) is 6.61 Å². The van der Waals surface area contributed by atoms with Crippen molar-refractivity contribution < 1.29 is 23.9 Å². The van der Waals surface area contributed by atoms with E-state index in [9.17, 15) is 19.2 Å². The minimum atomic E-state index is -0.529. The lowest BCUT2D eigenvalue weighted by molar-refractivity contribution is -0.141. The molecule has 0 atom stereocenters. The van der Waals surface area contributed by atoms with Gasteiger partial charge in [-0.25, -0.2) is 4.79 Å². The second-order valence-corrected chi connectivity index (χ2v) is 7.65. The van der Waals surface area contributed by atoms with E-state index in [1.807, 2.05) is 13.8 Å². The summed E-state index contributed by atoms with van der Waals surface area (Å²) in [5.74, 6) is -0.958. The van der Waals surface area contributed by atoms with Crippen LogP contribution >= 0.6 is 0 Å². The molecule has 0 unspecified atom stereocenters. The number of rotatable bonds is 7. The summed E-state index contributed by atoms with van der Waals surface area (Å²) in [5, 5.41) is 0. The maximum Gasteiger partial charge on any atom is 0.333 e. The third kappa shape index (κ3) is 5.46. The molecule has 1 aliphatic carbocycles. The van der Waals surface area contributed by atoms with Gasteiger partial charge in [-0.1, -0.05) is 50.3 Å². The van der Waals surface area contributed by atoms with Crippen LogP contribution in [0.25, 0.3) is 0 Å². The molecule has 0 aromatic heterocycles. The summed E-state index contributed by atoms with van der Waals surface area (Å²) < 4.78 is 5.35. The monoisotopic (exact) mass is 380 g/mol. The standard InChI is InChI=1S/C23H24O5/c1-15(8-7-9-16(2)24)22(27)28-14-23(3,4)13-17-12-20(25)18-10-5-6-11-19(18)21(17)26/h5-12H,13-14H2,1-4H3/b9-7+,15-8+. The quantitative estimate of drug-likeness (QED) is 0.405. The van der Waals surface area contributed by atoms with Crippen LogP contribution in [-0.2, 0) is 14.3 Å². The number of allylic oxidation sites excluding steroid dienone is 5. The molecule has 2 rings (SSSR count). The first-order valence-corrected chi connectivity index (χ1v) is 9.02. The topological polar surface area (TPSA) is 77.5 Å². The molecule has 0 spiro atoms. The van der Waals surface area contributed by atoms with Crippen molar-refractivity contribution in [3.63, 3.8) is 0 Å². The van der Waals surface area contributed by atoms with Gasteiger partial charge >= 0.3 is 5.97 Å². The summed E-state index contributed by atoms with van der Waals surface area (Å²) in [6.45, 7) is 6.85. The molecule has 0 saturated carbocycles.